The highest BCUT2D eigenvalue weighted by atomic mass is 35.5. The molecule has 0 fully saturated rings. The summed E-state index contributed by atoms with van der Waals surface area (Å²) < 4.78 is 0. The van der Waals surface area contributed by atoms with Gasteiger partial charge in [0, 0.05) is 5.56 Å². The smallest absolute Gasteiger partial charge is 0.271 e. The van der Waals surface area contributed by atoms with Crippen LogP contribution in [0.2, 0.25) is 5.02 Å². The molecule has 0 aliphatic heterocycles. The lowest BCUT2D eigenvalue weighted by atomic mass is 10.1. The molecule has 0 bridgehead atoms. The molecule has 3 N–H and O–H groups in total. The summed E-state index contributed by atoms with van der Waals surface area (Å²) in [7, 11) is 0. The van der Waals surface area contributed by atoms with Crippen LogP contribution in [0.25, 0.3) is 12.2 Å². The Bertz CT molecular complexity index is 1040. The second-order valence-corrected chi connectivity index (χ2v) is 6.37. The fourth-order valence-electron chi connectivity index (χ4n) is 2.39. The maximum absolute atomic E-state index is 12.0. The zero-order valence-electron chi connectivity index (χ0n) is 14.7. The molecule has 3 aromatic carbocycles. The number of phenols is 2. The fraction of sp³-hybridized carbons (Fsp3) is 0. The molecule has 28 heavy (non-hydrogen) atoms. The van der Waals surface area contributed by atoms with Crippen molar-refractivity contribution in [2.24, 2.45) is 5.10 Å². The van der Waals surface area contributed by atoms with E-state index in [1.165, 1.54) is 24.4 Å². The molecule has 0 aliphatic rings. The quantitative estimate of drug-likeness (QED) is 0.335. The first-order valence-electron chi connectivity index (χ1n) is 8.40. The van der Waals surface area contributed by atoms with Crippen LogP contribution in [0.4, 0.5) is 0 Å². The minimum Gasteiger partial charge on any atom is -0.508 e. The lowest BCUT2D eigenvalue weighted by molar-refractivity contribution is 0.0955. The number of carbonyl (C=O) groups is 1. The SMILES string of the molecule is O=C(N/N=C/c1ccc(/C=C/c2cccc(O)c2)cc1)c1ccc(O)c(Cl)c1. The number of halogens is 1. The van der Waals surface area contributed by atoms with Crippen molar-refractivity contribution in [3.05, 3.63) is 94.0 Å². The van der Waals surface area contributed by atoms with E-state index in [0.29, 0.717) is 5.56 Å². The molecular formula is C22H17ClN2O3. The van der Waals surface area contributed by atoms with Crippen molar-refractivity contribution in [3.8, 4) is 11.5 Å². The summed E-state index contributed by atoms with van der Waals surface area (Å²) in [6, 6.07) is 18.8. The number of nitrogens with one attached hydrogen (secondary N) is 1. The second-order valence-electron chi connectivity index (χ2n) is 5.96. The largest absolute Gasteiger partial charge is 0.508 e. The molecule has 3 rings (SSSR count). The van der Waals surface area contributed by atoms with Gasteiger partial charge >= 0.3 is 0 Å². The minimum absolute atomic E-state index is 0.0834. The Kier molecular flexibility index (Phi) is 6.09. The van der Waals surface area contributed by atoms with Gasteiger partial charge in [0.15, 0.2) is 0 Å². The number of phenolic OH excluding ortho intramolecular Hbond substituents is 2. The van der Waals surface area contributed by atoms with Crippen LogP contribution in [0.5, 0.6) is 11.5 Å². The van der Waals surface area contributed by atoms with Crippen molar-refractivity contribution in [2.75, 3.05) is 0 Å². The first kappa shape index (κ1) is 19.2. The van der Waals surface area contributed by atoms with Crippen LogP contribution in [0.1, 0.15) is 27.0 Å². The maximum Gasteiger partial charge on any atom is 0.271 e. The lowest BCUT2D eigenvalue weighted by Crippen LogP contribution is -2.17. The molecule has 0 saturated heterocycles. The Morgan fingerprint density at radius 3 is 2.32 bits per heavy atom. The summed E-state index contributed by atoms with van der Waals surface area (Å²) in [5.41, 5.74) is 5.42. The van der Waals surface area contributed by atoms with Gasteiger partial charge in [-0.25, -0.2) is 5.43 Å². The van der Waals surface area contributed by atoms with E-state index in [9.17, 15) is 15.0 Å². The van der Waals surface area contributed by atoms with Crippen molar-refractivity contribution in [2.45, 2.75) is 0 Å². The third-order valence-corrected chi connectivity index (χ3v) is 4.17. The van der Waals surface area contributed by atoms with Crippen LogP contribution in [0.15, 0.2) is 71.8 Å². The van der Waals surface area contributed by atoms with E-state index in [4.69, 9.17) is 11.6 Å². The summed E-state index contributed by atoms with van der Waals surface area (Å²) >= 11 is 5.79. The second kappa shape index (κ2) is 8.88. The number of hydrazone groups is 1. The molecule has 0 atom stereocenters. The summed E-state index contributed by atoms with van der Waals surface area (Å²) in [5.74, 6) is -0.283. The molecule has 0 saturated carbocycles. The van der Waals surface area contributed by atoms with Gasteiger partial charge in [0.25, 0.3) is 5.91 Å². The van der Waals surface area contributed by atoms with Crippen LogP contribution in [-0.2, 0) is 0 Å². The maximum atomic E-state index is 12.0. The van der Waals surface area contributed by atoms with Crippen LogP contribution in [-0.4, -0.2) is 22.3 Å². The minimum atomic E-state index is -0.427. The standard InChI is InChI=1S/C22H17ClN2O3/c23-20-13-18(10-11-21(20)27)22(28)25-24-14-17-8-5-15(6-9-17)4-7-16-2-1-3-19(26)12-16/h1-14,26-27H,(H,25,28)/b7-4+,24-14+. The number of carbonyl (C=O) groups excluding carboxylic acids is 1. The van der Waals surface area contributed by atoms with Gasteiger partial charge in [0.05, 0.1) is 11.2 Å². The van der Waals surface area contributed by atoms with Gasteiger partial charge < -0.3 is 10.2 Å². The highest BCUT2D eigenvalue weighted by Crippen LogP contribution is 2.23. The molecule has 6 heteroatoms. The Morgan fingerprint density at radius 2 is 1.61 bits per heavy atom. The summed E-state index contributed by atoms with van der Waals surface area (Å²) in [5, 5.41) is 22.9. The number of amides is 1. The Balaban J connectivity index is 1.59. The molecule has 3 aromatic rings. The summed E-state index contributed by atoms with van der Waals surface area (Å²) in [4.78, 5) is 12.0. The highest BCUT2D eigenvalue weighted by Gasteiger charge is 2.07. The zero-order chi connectivity index (χ0) is 19.9. The molecule has 140 valence electrons. The van der Waals surface area contributed by atoms with E-state index in [2.05, 4.69) is 10.5 Å². The summed E-state index contributed by atoms with van der Waals surface area (Å²) in [6.07, 6.45) is 5.38. The Morgan fingerprint density at radius 1 is 0.893 bits per heavy atom. The van der Waals surface area contributed by atoms with Crippen LogP contribution >= 0.6 is 11.6 Å². The van der Waals surface area contributed by atoms with Crippen LogP contribution in [0, 0.1) is 0 Å². The first-order valence-corrected chi connectivity index (χ1v) is 8.78. The van der Waals surface area contributed by atoms with Gasteiger partial charge in [-0.2, -0.15) is 5.10 Å². The van der Waals surface area contributed by atoms with Gasteiger partial charge in [-0.05, 0) is 47.0 Å². The van der Waals surface area contributed by atoms with Gasteiger partial charge in [-0.3, -0.25) is 4.79 Å². The number of hydrogen-bond donors (Lipinski definition) is 3. The van der Waals surface area contributed by atoms with E-state index < -0.39 is 5.91 Å². The monoisotopic (exact) mass is 392 g/mol. The summed E-state index contributed by atoms with van der Waals surface area (Å²) in [6.45, 7) is 0. The van der Waals surface area contributed by atoms with Gasteiger partial charge in [0.2, 0.25) is 0 Å². The molecule has 0 aliphatic carbocycles. The van der Waals surface area contributed by atoms with Crippen molar-refractivity contribution < 1.29 is 15.0 Å². The molecule has 0 spiro atoms. The molecule has 0 heterocycles. The van der Waals surface area contributed by atoms with Gasteiger partial charge in [-0.15, -0.1) is 0 Å². The number of aromatic hydroxyl groups is 2. The fourth-order valence-corrected chi connectivity index (χ4v) is 2.57. The normalized spacial score (nSPS) is 11.2. The number of rotatable bonds is 5. The van der Waals surface area contributed by atoms with E-state index in [1.54, 1.807) is 18.2 Å². The molecular weight excluding hydrogens is 376 g/mol. The predicted octanol–water partition coefficient (Wildman–Crippen LogP) is 4.69. The highest BCUT2D eigenvalue weighted by molar-refractivity contribution is 6.32. The van der Waals surface area contributed by atoms with Crippen molar-refractivity contribution in [1.82, 2.24) is 5.43 Å². The van der Waals surface area contributed by atoms with Crippen LogP contribution < -0.4 is 5.43 Å². The average Bonchev–Trinajstić information content (AvgIpc) is 2.69. The topological polar surface area (TPSA) is 81.9 Å². The van der Waals surface area contributed by atoms with E-state index in [0.717, 1.165) is 16.7 Å². The zero-order valence-corrected chi connectivity index (χ0v) is 15.5. The predicted molar refractivity (Wildman–Crippen MR) is 112 cm³/mol. The van der Waals surface area contributed by atoms with Gasteiger partial charge in [-0.1, -0.05) is 60.2 Å². The number of benzene rings is 3. The van der Waals surface area contributed by atoms with E-state index >= 15 is 0 Å². The van der Waals surface area contributed by atoms with Crippen molar-refractivity contribution in [1.29, 1.82) is 0 Å². The third kappa shape index (κ3) is 5.22. The Labute approximate surface area is 167 Å². The van der Waals surface area contributed by atoms with E-state index in [-0.39, 0.29) is 16.5 Å². The molecule has 0 aromatic heterocycles. The number of hydrogen-bond acceptors (Lipinski definition) is 4. The van der Waals surface area contributed by atoms with Crippen molar-refractivity contribution >= 4 is 35.9 Å². The number of nitrogens with zero attached hydrogens (tertiary/aromatic N) is 1. The molecule has 0 unspecified atom stereocenters. The third-order valence-electron chi connectivity index (χ3n) is 3.86. The average molecular weight is 393 g/mol. The molecule has 0 radical (unpaired) electrons. The van der Waals surface area contributed by atoms with Crippen molar-refractivity contribution in [3.63, 3.8) is 0 Å². The van der Waals surface area contributed by atoms with Crippen LogP contribution in [0.3, 0.4) is 0 Å². The van der Waals surface area contributed by atoms with E-state index in [1.807, 2.05) is 42.5 Å². The Hall–Kier alpha value is -3.57. The first-order chi connectivity index (χ1) is 13.5. The molecule has 1 amide bonds. The lowest BCUT2D eigenvalue weighted by Gasteiger charge is -2.02. The molecule has 5 nitrogen and oxygen atoms in total. The van der Waals surface area contributed by atoms with Gasteiger partial charge in [0.1, 0.15) is 11.5 Å².